The van der Waals surface area contributed by atoms with E-state index in [1.165, 1.54) is 22.5 Å². The molecule has 0 saturated carbocycles. The smallest absolute Gasteiger partial charge is 0.276 e. The van der Waals surface area contributed by atoms with Crippen LogP contribution in [0.4, 0.5) is 0 Å². The lowest BCUT2D eigenvalue weighted by Crippen LogP contribution is -2.55. The molecule has 0 radical (unpaired) electrons. The molecule has 1 atom stereocenters. The van der Waals surface area contributed by atoms with Crippen LogP contribution in [0, 0.1) is 0 Å². The van der Waals surface area contributed by atoms with Crippen molar-refractivity contribution in [3.8, 4) is 0 Å². The second-order valence-electron chi connectivity index (χ2n) is 4.53. The van der Waals surface area contributed by atoms with E-state index >= 15 is 0 Å². The van der Waals surface area contributed by atoms with Gasteiger partial charge in [0.05, 0.1) is 0 Å². The van der Waals surface area contributed by atoms with Crippen molar-refractivity contribution in [3.05, 3.63) is 12.8 Å². The van der Waals surface area contributed by atoms with Crippen LogP contribution in [0.25, 0.3) is 0 Å². The van der Waals surface area contributed by atoms with Crippen molar-refractivity contribution >= 4 is 15.2 Å². The first kappa shape index (κ1) is 15.1. The quantitative estimate of drug-likeness (QED) is 0.526. The number of sulfonamides is 1. The van der Waals surface area contributed by atoms with Crippen LogP contribution in [0.2, 0.25) is 0 Å². The Morgan fingerprint density at radius 2 is 2.11 bits per heavy atom. The third kappa shape index (κ3) is 2.90. The Labute approximate surface area is 110 Å². The molecule has 1 saturated heterocycles. The minimum atomic E-state index is -3.55. The topological polar surface area (TPSA) is 56.2 Å². The molecule has 0 N–H and O–H groups in total. The highest BCUT2D eigenvalue weighted by Gasteiger charge is 2.36. The van der Waals surface area contributed by atoms with Gasteiger partial charge in [-0.3, -0.25) is 4.99 Å². The van der Waals surface area contributed by atoms with Gasteiger partial charge < -0.3 is 9.80 Å². The van der Waals surface area contributed by atoms with Crippen molar-refractivity contribution < 1.29 is 8.42 Å². The minimum absolute atomic E-state index is 0.0360. The maximum atomic E-state index is 12.5. The maximum Gasteiger partial charge on any atom is 0.276 e. The molecule has 1 aliphatic rings. The lowest BCUT2D eigenvalue weighted by molar-refractivity contribution is 0.172. The van der Waals surface area contributed by atoms with Crippen molar-refractivity contribution in [3.63, 3.8) is 0 Å². The van der Waals surface area contributed by atoms with E-state index in [2.05, 4.69) is 16.5 Å². The third-order valence-corrected chi connectivity index (χ3v) is 5.17. The Morgan fingerprint density at radius 3 is 2.56 bits per heavy atom. The SMILES string of the molecule is C=CN(C)C(=NC)S(=O)(=O)N1CCN(C)C[C@H]1C. The molecule has 1 aliphatic heterocycles. The molecular weight excluding hydrogens is 252 g/mol. The van der Waals surface area contributed by atoms with Crippen LogP contribution >= 0.6 is 0 Å². The molecule has 0 aliphatic carbocycles. The average molecular weight is 274 g/mol. The van der Waals surface area contributed by atoms with Gasteiger partial charge in [0.25, 0.3) is 10.0 Å². The minimum Gasteiger partial charge on any atom is -0.326 e. The number of hydrogen-bond donors (Lipinski definition) is 0. The Bertz CT molecular complexity index is 432. The third-order valence-electron chi connectivity index (χ3n) is 3.08. The van der Waals surface area contributed by atoms with E-state index in [0.29, 0.717) is 6.54 Å². The molecule has 1 fully saturated rings. The highest BCUT2D eigenvalue weighted by atomic mass is 32.2. The molecule has 1 rings (SSSR count). The van der Waals surface area contributed by atoms with E-state index < -0.39 is 10.0 Å². The van der Waals surface area contributed by atoms with Gasteiger partial charge in [0.2, 0.25) is 5.17 Å². The van der Waals surface area contributed by atoms with Crippen molar-refractivity contribution in [2.24, 2.45) is 4.99 Å². The first-order chi connectivity index (χ1) is 8.34. The normalized spacial score (nSPS) is 24.0. The number of aliphatic imine (C=N–C) groups is 1. The Kier molecular flexibility index (Phi) is 4.89. The molecule has 0 spiro atoms. The van der Waals surface area contributed by atoms with Crippen molar-refractivity contribution in [2.75, 3.05) is 40.8 Å². The standard InChI is InChI=1S/C11H22N4O2S/c1-6-14(5)11(12-3)18(16,17)15-8-7-13(4)9-10(15)2/h6,10H,1,7-9H2,2-5H3/t10-/m1/s1. The van der Waals surface area contributed by atoms with Gasteiger partial charge in [-0.25, -0.2) is 8.42 Å². The van der Waals surface area contributed by atoms with E-state index in [-0.39, 0.29) is 11.2 Å². The fourth-order valence-corrected chi connectivity index (χ4v) is 3.86. The van der Waals surface area contributed by atoms with Gasteiger partial charge in [-0.2, -0.15) is 4.31 Å². The van der Waals surface area contributed by atoms with Crippen LogP contribution in [-0.2, 0) is 10.0 Å². The van der Waals surface area contributed by atoms with Gasteiger partial charge in [0.15, 0.2) is 0 Å². The van der Waals surface area contributed by atoms with Gasteiger partial charge >= 0.3 is 0 Å². The second kappa shape index (κ2) is 5.81. The average Bonchev–Trinajstić information content (AvgIpc) is 2.28. The van der Waals surface area contributed by atoms with Gasteiger partial charge in [-0.05, 0) is 20.2 Å². The van der Waals surface area contributed by atoms with Gasteiger partial charge in [0.1, 0.15) is 0 Å². The van der Waals surface area contributed by atoms with E-state index in [1.54, 1.807) is 7.05 Å². The summed E-state index contributed by atoms with van der Waals surface area (Å²) in [6.07, 6.45) is 1.45. The summed E-state index contributed by atoms with van der Waals surface area (Å²) >= 11 is 0. The summed E-state index contributed by atoms with van der Waals surface area (Å²) in [4.78, 5) is 7.44. The second-order valence-corrected chi connectivity index (χ2v) is 6.31. The Balaban J connectivity index is 3.02. The molecule has 0 bridgehead atoms. The lowest BCUT2D eigenvalue weighted by atomic mass is 10.2. The summed E-state index contributed by atoms with van der Waals surface area (Å²) in [5, 5.41) is 0.0360. The van der Waals surface area contributed by atoms with Gasteiger partial charge in [0, 0.05) is 39.8 Å². The van der Waals surface area contributed by atoms with Crippen molar-refractivity contribution in [2.45, 2.75) is 13.0 Å². The number of nitrogens with zero attached hydrogens (tertiary/aromatic N) is 4. The first-order valence-corrected chi connectivity index (χ1v) is 7.31. The fraction of sp³-hybridized carbons (Fsp3) is 0.727. The number of rotatable bonds is 2. The zero-order valence-electron chi connectivity index (χ0n) is 11.5. The molecular formula is C11H22N4O2S. The van der Waals surface area contributed by atoms with Crippen LogP contribution in [0.1, 0.15) is 6.92 Å². The molecule has 1 heterocycles. The molecule has 0 unspecified atom stereocenters. The van der Waals surface area contributed by atoms with Crippen LogP contribution in [0.15, 0.2) is 17.8 Å². The summed E-state index contributed by atoms with van der Waals surface area (Å²) in [5.74, 6) is 0. The van der Waals surface area contributed by atoms with E-state index in [1.807, 2.05) is 14.0 Å². The molecule has 104 valence electrons. The summed E-state index contributed by atoms with van der Waals surface area (Å²) in [6, 6.07) is -0.0521. The lowest BCUT2D eigenvalue weighted by Gasteiger charge is -2.37. The van der Waals surface area contributed by atoms with Crippen LogP contribution in [-0.4, -0.2) is 74.5 Å². The fourth-order valence-electron chi connectivity index (χ4n) is 2.12. The number of amidine groups is 1. The zero-order chi connectivity index (χ0) is 13.9. The Morgan fingerprint density at radius 1 is 1.50 bits per heavy atom. The largest absolute Gasteiger partial charge is 0.326 e. The molecule has 0 aromatic rings. The molecule has 6 nitrogen and oxygen atoms in total. The molecule has 0 aromatic carbocycles. The molecule has 0 aromatic heterocycles. The highest BCUT2D eigenvalue weighted by Crippen LogP contribution is 2.16. The zero-order valence-corrected chi connectivity index (χ0v) is 12.3. The predicted molar refractivity (Wildman–Crippen MR) is 73.9 cm³/mol. The van der Waals surface area contributed by atoms with Crippen LogP contribution in [0.5, 0.6) is 0 Å². The summed E-state index contributed by atoms with van der Waals surface area (Å²) in [6.45, 7) is 7.44. The van der Waals surface area contributed by atoms with E-state index in [9.17, 15) is 8.42 Å². The van der Waals surface area contributed by atoms with E-state index in [4.69, 9.17) is 0 Å². The van der Waals surface area contributed by atoms with Crippen molar-refractivity contribution in [1.82, 2.24) is 14.1 Å². The Hall–Kier alpha value is -0.920. The van der Waals surface area contributed by atoms with Crippen LogP contribution in [0.3, 0.4) is 0 Å². The summed E-state index contributed by atoms with van der Waals surface area (Å²) in [5.41, 5.74) is 0. The predicted octanol–water partition coefficient (Wildman–Crippen LogP) is 0.0132. The van der Waals surface area contributed by atoms with Crippen molar-refractivity contribution in [1.29, 1.82) is 0 Å². The summed E-state index contributed by atoms with van der Waals surface area (Å²) < 4.78 is 26.6. The molecule has 0 amide bonds. The van der Waals surface area contributed by atoms with Crippen LogP contribution < -0.4 is 0 Å². The van der Waals surface area contributed by atoms with E-state index in [0.717, 1.165) is 13.1 Å². The van der Waals surface area contributed by atoms with Gasteiger partial charge in [-0.15, -0.1) is 0 Å². The number of likely N-dealkylation sites (N-methyl/N-ethyl adjacent to an activating group) is 1. The highest BCUT2D eigenvalue weighted by molar-refractivity contribution is 8.04. The maximum absolute atomic E-state index is 12.5. The number of piperazine rings is 1. The first-order valence-electron chi connectivity index (χ1n) is 5.87. The molecule has 7 heteroatoms. The number of hydrogen-bond acceptors (Lipinski definition) is 4. The molecule has 18 heavy (non-hydrogen) atoms. The summed E-state index contributed by atoms with van der Waals surface area (Å²) in [7, 11) is 1.56. The monoisotopic (exact) mass is 274 g/mol. The van der Waals surface area contributed by atoms with Gasteiger partial charge in [-0.1, -0.05) is 6.58 Å².